The van der Waals surface area contributed by atoms with Crippen molar-refractivity contribution in [3.8, 4) is 0 Å². The monoisotopic (exact) mass is 280 g/mol. The van der Waals surface area contributed by atoms with Crippen molar-refractivity contribution in [2.75, 3.05) is 19.8 Å². The number of non-ortho nitro benzene ring substituents is 1. The van der Waals surface area contributed by atoms with Crippen LogP contribution in [0.2, 0.25) is 0 Å². The maximum absolute atomic E-state index is 11.9. The first-order chi connectivity index (χ1) is 9.50. The number of nitro benzene ring substituents is 1. The predicted octanol–water partition coefficient (Wildman–Crippen LogP) is 0.866. The zero-order chi connectivity index (χ0) is 14.6. The van der Waals surface area contributed by atoms with E-state index in [0.29, 0.717) is 31.6 Å². The van der Waals surface area contributed by atoms with Crippen molar-refractivity contribution in [2.24, 2.45) is 0 Å². The molecule has 1 saturated heterocycles. The van der Waals surface area contributed by atoms with Gasteiger partial charge in [0.2, 0.25) is 0 Å². The van der Waals surface area contributed by atoms with Crippen LogP contribution in [0.1, 0.15) is 23.2 Å². The van der Waals surface area contributed by atoms with Gasteiger partial charge >= 0.3 is 0 Å². The van der Waals surface area contributed by atoms with Crippen molar-refractivity contribution in [3.63, 3.8) is 0 Å². The number of carbonyl (C=O) groups is 1. The number of ether oxygens (including phenoxy) is 1. The molecule has 1 heterocycles. The maximum Gasteiger partial charge on any atom is 0.269 e. The van der Waals surface area contributed by atoms with E-state index in [1.54, 1.807) is 0 Å². The van der Waals surface area contributed by atoms with Crippen LogP contribution in [0.25, 0.3) is 0 Å². The van der Waals surface area contributed by atoms with Crippen LogP contribution in [0.3, 0.4) is 0 Å². The minimum absolute atomic E-state index is 0.0652. The van der Waals surface area contributed by atoms with Gasteiger partial charge in [0.25, 0.3) is 11.6 Å². The Kier molecular flexibility index (Phi) is 4.31. The van der Waals surface area contributed by atoms with Gasteiger partial charge in [-0.1, -0.05) is 0 Å². The fraction of sp³-hybridized carbons (Fsp3) is 0.462. The first-order valence-electron chi connectivity index (χ1n) is 6.33. The summed E-state index contributed by atoms with van der Waals surface area (Å²) in [5, 5.41) is 23.4. The number of carbonyl (C=O) groups excluding carboxylic acids is 1. The van der Waals surface area contributed by atoms with Gasteiger partial charge in [0.1, 0.15) is 0 Å². The molecule has 108 valence electrons. The minimum Gasteiger partial charge on any atom is -0.388 e. The second-order valence-corrected chi connectivity index (χ2v) is 4.82. The topological polar surface area (TPSA) is 102 Å². The zero-order valence-corrected chi connectivity index (χ0v) is 10.9. The van der Waals surface area contributed by atoms with Crippen molar-refractivity contribution in [1.29, 1.82) is 0 Å². The lowest BCUT2D eigenvalue weighted by Crippen LogP contribution is -2.46. The Balaban J connectivity index is 1.92. The molecule has 0 unspecified atom stereocenters. The lowest BCUT2D eigenvalue weighted by molar-refractivity contribution is -0.384. The first kappa shape index (κ1) is 14.4. The molecule has 0 aliphatic carbocycles. The van der Waals surface area contributed by atoms with E-state index in [-0.39, 0.29) is 18.1 Å². The smallest absolute Gasteiger partial charge is 0.269 e. The number of hydrogen-bond acceptors (Lipinski definition) is 5. The fourth-order valence-electron chi connectivity index (χ4n) is 2.01. The summed E-state index contributed by atoms with van der Waals surface area (Å²) in [7, 11) is 0. The van der Waals surface area contributed by atoms with Gasteiger partial charge in [0.05, 0.1) is 10.5 Å². The summed E-state index contributed by atoms with van der Waals surface area (Å²) >= 11 is 0. The van der Waals surface area contributed by atoms with E-state index in [1.165, 1.54) is 24.3 Å². The van der Waals surface area contributed by atoms with Crippen LogP contribution < -0.4 is 5.32 Å². The number of benzene rings is 1. The molecule has 0 radical (unpaired) electrons. The zero-order valence-electron chi connectivity index (χ0n) is 10.9. The van der Waals surface area contributed by atoms with Crippen LogP contribution in [-0.2, 0) is 4.74 Å². The molecular weight excluding hydrogens is 264 g/mol. The van der Waals surface area contributed by atoms with Gasteiger partial charge in [-0.15, -0.1) is 0 Å². The highest BCUT2D eigenvalue weighted by molar-refractivity contribution is 5.94. The lowest BCUT2D eigenvalue weighted by atomic mass is 9.94. The summed E-state index contributed by atoms with van der Waals surface area (Å²) < 4.78 is 5.16. The van der Waals surface area contributed by atoms with Crippen LogP contribution in [0.4, 0.5) is 5.69 Å². The van der Waals surface area contributed by atoms with E-state index < -0.39 is 10.5 Å². The molecule has 20 heavy (non-hydrogen) atoms. The molecule has 0 aromatic heterocycles. The molecule has 2 N–H and O–H groups in total. The second-order valence-electron chi connectivity index (χ2n) is 4.82. The SMILES string of the molecule is O=C(NCC1(O)CCOCC1)c1ccc([N+](=O)[O-])cc1. The van der Waals surface area contributed by atoms with Crippen LogP contribution >= 0.6 is 0 Å². The summed E-state index contributed by atoms with van der Waals surface area (Å²) in [5.41, 5.74) is -0.676. The van der Waals surface area contributed by atoms with Gasteiger partial charge in [0.15, 0.2) is 0 Å². The second kappa shape index (κ2) is 5.98. The Hall–Kier alpha value is -1.99. The van der Waals surface area contributed by atoms with Gasteiger partial charge in [-0.05, 0) is 12.1 Å². The molecular formula is C13H16N2O5. The van der Waals surface area contributed by atoms with Crippen LogP contribution in [-0.4, -0.2) is 41.3 Å². The van der Waals surface area contributed by atoms with Gasteiger partial charge < -0.3 is 15.2 Å². The van der Waals surface area contributed by atoms with Crippen LogP contribution in [0, 0.1) is 10.1 Å². The molecule has 7 heteroatoms. The molecule has 0 bridgehead atoms. The van der Waals surface area contributed by atoms with Gasteiger partial charge in [0, 0.05) is 50.3 Å². The molecule has 1 aliphatic rings. The van der Waals surface area contributed by atoms with Crippen LogP contribution in [0.5, 0.6) is 0 Å². The van der Waals surface area contributed by atoms with Crippen molar-refractivity contribution in [1.82, 2.24) is 5.32 Å². The Morgan fingerprint density at radius 2 is 1.95 bits per heavy atom. The fourth-order valence-corrected chi connectivity index (χ4v) is 2.01. The summed E-state index contributed by atoms with van der Waals surface area (Å²) in [4.78, 5) is 21.9. The lowest BCUT2D eigenvalue weighted by Gasteiger charge is -2.32. The number of hydrogen-bond donors (Lipinski definition) is 2. The van der Waals surface area contributed by atoms with E-state index in [4.69, 9.17) is 4.74 Å². The van der Waals surface area contributed by atoms with Crippen molar-refractivity contribution in [2.45, 2.75) is 18.4 Å². The summed E-state index contributed by atoms with van der Waals surface area (Å²) in [5.74, 6) is -0.361. The van der Waals surface area contributed by atoms with E-state index in [9.17, 15) is 20.0 Å². The maximum atomic E-state index is 11.9. The van der Waals surface area contributed by atoms with Crippen molar-refractivity contribution < 1.29 is 19.6 Å². The quantitative estimate of drug-likeness (QED) is 0.629. The molecule has 0 saturated carbocycles. The predicted molar refractivity (Wildman–Crippen MR) is 70.4 cm³/mol. The third-order valence-electron chi connectivity index (χ3n) is 3.34. The Labute approximate surface area is 115 Å². The van der Waals surface area contributed by atoms with E-state index in [1.807, 2.05) is 0 Å². The molecule has 1 aliphatic heterocycles. The largest absolute Gasteiger partial charge is 0.388 e. The Morgan fingerprint density at radius 1 is 1.35 bits per heavy atom. The number of aliphatic hydroxyl groups is 1. The molecule has 1 amide bonds. The normalized spacial score (nSPS) is 17.4. The summed E-state index contributed by atoms with van der Waals surface area (Å²) in [6.45, 7) is 1.10. The van der Waals surface area contributed by atoms with Gasteiger partial charge in [-0.25, -0.2) is 0 Å². The minimum atomic E-state index is -0.936. The summed E-state index contributed by atoms with van der Waals surface area (Å²) in [6, 6.07) is 5.33. The average Bonchev–Trinajstić information content (AvgIpc) is 2.46. The molecule has 0 atom stereocenters. The Bertz CT molecular complexity index is 494. The van der Waals surface area contributed by atoms with Crippen LogP contribution in [0.15, 0.2) is 24.3 Å². The first-order valence-corrected chi connectivity index (χ1v) is 6.33. The highest BCUT2D eigenvalue weighted by Crippen LogP contribution is 2.19. The third-order valence-corrected chi connectivity index (χ3v) is 3.34. The van der Waals surface area contributed by atoms with E-state index in [2.05, 4.69) is 5.32 Å². The van der Waals surface area contributed by atoms with Crippen molar-refractivity contribution >= 4 is 11.6 Å². The van der Waals surface area contributed by atoms with E-state index >= 15 is 0 Å². The number of rotatable bonds is 4. The Morgan fingerprint density at radius 3 is 2.50 bits per heavy atom. The van der Waals surface area contributed by atoms with E-state index in [0.717, 1.165) is 0 Å². The molecule has 1 aromatic carbocycles. The molecule has 7 nitrogen and oxygen atoms in total. The third kappa shape index (κ3) is 3.52. The standard InChI is InChI=1S/C13H16N2O5/c16-12(10-1-3-11(4-2-10)15(18)19)14-9-13(17)5-7-20-8-6-13/h1-4,17H,5-9H2,(H,14,16). The van der Waals surface area contributed by atoms with Gasteiger partial charge in [-0.2, -0.15) is 0 Å². The molecule has 2 rings (SSSR count). The number of nitrogens with zero attached hydrogens (tertiary/aromatic N) is 1. The van der Waals surface area contributed by atoms with Crippen molar-refractivity contribution in [3.05, 3.63) is 39.9 Å². The highest BCUT2D eigenvalue weighted by Gasteiger charge is 2.30. The molecule has 0 spiro atoms. The number of nitro groups is 1. The summed E-state index contributed by atoms with van der Waals surface area (Å²) in [6.07, 6.45) is 0.959. The highest BCUT2D eigenvalue weighted by atomic mass is 16.6. The molecule has 1 aromatic rings. The van der Waals surface area contributed by atoms with Gasteiger partial charge in [-0.3, -0.25) is 14.9 Å². The average molecular weight is 280 g/mol. The number of nitrogens with one attached hydrogen (secondary N) is 1. The molecule has 1 fully saturated rings. The number of amides is 1.